The van der Waals surface area contributed by atoms with E-state index in [2.05, 4.69) is 30.9 Å². The average molecular weight is 273 g/mol. The van der Waals surface area contributed by atoms with Crippen LogP contribution in [0.3, 0.4) is 0 Å². The predicted molar refractivity (Wildman–Crippen MR) is 73.7 cm³/mol. The van der Waals surface area contributed by atoms with E-state index in [-0.39, 0.29) is 0 Å². The van der Waals surface area contributed by atoms with Crippen molar-refractivity contribution in [3.63, 3.8) is 0 Å². The molecule has 0 bridgehead atoms. The standard InChI is InChI=1S/C11H11N7S/c1-7-3-4-8(10-15-17-18-16-10)5-9(7)14-11(19-2)13-6-12/h3-5H,1-2H3,(H,13,14)(H,15,16,17,18). The Balaban J connectivity index is 2.40. The van der Waals surface area contributed by atoms with Gasteiger partial charge in [-0.1, -0.05) is 23.9 Å². The molecule has 96 valence electrons. The van der Waals surface area contributed by atoms with E-state index >= 15 is 0 Å². The first-order chi connectivity index (χ1) is 9.24. The van der Waals surface area contributed by atoms with Crippen LogP contribution in [0.5, 0.6) is 0 Å². The van der Waals surface area contributed by atoms with Crippen LogP contribution < -0.4 is 5.32 Å². The van der Waals surface area contributed by atoms with Gasteiger partial charge in [0.1, 0.15) is 0 Å². The van der Waals surface area contributed by atoms with E-state index in [0.717, 1.165) is 16.8 Å². The zero-order chi connectivity index (χ0) is 13.7. The monoisotopic (exact) mass is 273 g/mol. The molecule has 0 aliphatic rings. The van der Waals surface area contributed by atoms with Gasteiger partial charge in [0.2, 0.25) is 5.82 Å². The second-order valence-corrected chi connectivity index (χ2v) is 4.39. The number of nitrogens with zero attached hydrogens (tertiary/aromatic N) is 5. The van der Waals surface area contributed by atoms with Gasteiger partial charge in [0.05, 0.1) is 5.69 Å². The van der Waals surface area contributed by atoms with Crippen molar-refractivity contribution in [1.82, 2.24) is 25.9 Å². The van der Waals surface area contributed by atoms with Crippen LogP contribution in [-0.2, 0) is 0 Å². The van der Waals surface area contributed by atoms with Crippen molar-refractivity contribution in [2.75, 3.05) is 6.26 Å². The van der Waals surface area contributed by atoms with Crippen molar-refractivity contribution in [2.24, 2.45) is 4.99 Å². The number of nitriles is 1. The molecule has 0 aliphatic carbocycles. The Morgan fingerprint density at radius 3 is 3.00 bits per heavy atom. The van der Waals surface area contributed by atoms with Crippen LogP contribution in [0.4, 0.5) is 5.69 Å². The molecule has 0 aliphatic heterocycles. The summed E-state index contributed by atoms with van der Waals surface area (Å²) in [6, 6.07) is 5.68. The van der Waals surface area contributed by atoms with Gasteiger partial charge >= 0.3 is 0 Å². The molecule has 2 rings (SSSR count). The van der Waals surface area contributed by atoms with Crippen LogP contribution >= 0.6 is 11.8 Å². The number of aromatic amines is 1. The summed E-state index contributed by atoms with van der Waals surface area (Å²) in [5, 5.41) is 25.5. The van der Waals surface area contributed by atoms with Gasteiger partial charge in [-0.3, -0.25) is 5.32 Å². The fraction of sp³-hybridized carbons (Fsp3) is 0.182. The average Bonchev–Trinajstić information content (AvgIpc) is 2.94. The molecule has 0 saturated carbocycles. The number of aryl methyl sites for hydroxylation is 1. The van der Waals surface area contributed by atoms with Gasteiger partial charge in [-0.2, -0.15) is 10.5 Å². The fourth-order valence-electron chi connectivity index (χ4n) is 1.43. The van der Waals surface area contributed by atoms with E-state index in [1.807, 2.05) is 37.6 Å². The largest absolute Gasteiger partial charge is 0.271 e. The quantitative estimate of drug-likeness (QED) is 0.373. The lowest BCUT2D eigenvalue weighted by Crippen LogP contribution is -2.12. The lowest BCUT2D eigenvalue weighted by atomic mass is 10.1. The molecule has 1 aromatic carbocycles. The third kappa shape index (κ3) is 3.08. The lowest BCUT2D eigenvalue weighted by Gasteiger charge is -2.04. The summed E-state index contributed by atoms with van der Waals surface area (Å²) in [6.07, 6.45) is 3.71. The minimum atomic E-state index is 0.510. The van der Waals surface area contributed by atoms with Gasteiger partial charge in [0.25, 0.3) is 0 Å². The molecule has 0 atom stereocenters. The Bertz CT molecular complexity index is 627. The number of aromatic nitrogens is 4. The second-order valence-electron chi connectivity index (χ2n) is 3.59. The van der Waals surface area contributed by atoms with Crippen LogP contribution in [-0.4, -0.2) is 32.0 Å². The smallest absolute Gasteiger partial charge is 0.204 e. The Kier molecular flexibility index (Phi) is 4.10. The molecule has 2 N–H and O–H groups in total. The van der Waals surface area contributed by atoms with Crippen LogP contribution in [0.1, 0.15) is 5.56 Å². The van der Waals surface area contributed by atoms with Crippen molar-refractivity contribution < 1.29 is 0 Å². The van der Waals surface area contributed by atoms with Gasteiger partial charge < -0.3 is 0 Å². The van der Waals surface area contributed by atoms with Gasteiger partial charge in [-0.05, 0) is 30.0 Å². The van der Waals surface area contributed by atoms with E-state index in [1.165, 1.54) is 11.8 Å². The van der Waals surface area contributed by atoms with Crippen molar-refractivity contribution in [3.05, 3.63) is 23.8 Å². The Hall–Kier alpha value is -2.40. The summed E-state index contributed by atoms with van der Waals surface area (Å²) in [5.74, 6) is 0.510. The van der Waals surface area contributed by atoms with Gasteiger partial charge in [0.15, 0.2) is 11.4 Å². The minimum absolute atomic E-state index is 0.510. The summed E-state index contributed by atoms with van der Waals surface area (Å²) >= 11 is 1.37. The molecule has 0 radical (unpaired) electrons. The van der Waals surface area contributed by atoms with Crippen LogP contribution in [0.25, 0.3) is 11.4 Å². The van der Waals surface area contributed by atoms with E-state index in [1.54, 1.807) is 0 Å². The highest BCUT2D eigenvalue weighted by atomic mass is 32.2. The van der Waals surface area contributed by atoms with Crippen LogP contribution in [0.2, 0.25) is 0 Å². The summed E-state index contributed by atoms with van der Waals surface area (Å²) in [4.78, 5) is 4.40. The van der Waals surface area contributed by atoms with Crippen LogP contribution in [0, 0.1) is 18.4 Å². The van der Waals surface area contributed by atoms with Crippen LogP contribution in [0.15, 0.2) is 23.2 Å². The molecule has 0 unspecified atom stereocenters. The number of tetrazole rings is 1. The molecular weight excluding hydrogens is 262 g/mol. The van der Waals surface area contributed by atoms with E-state index in [0.29, 0.717) is 11.0 Å². The first kappa shape index (κ1) is 13.0. The Morgan fingerprint density at radius 1 is 1.53 bits per heavy atom. The van der Waals surface area contributed by atoms with E-state index < -0.39 is 0 Å². The minimum Gasteiger partial charge on any atom is -0.271 e. The van der Waals surface area contributed by atoms with Gasteiger partial charge in [0, 0.05) is 5.56 Å². The summed E-state index contributed by atoms with van der Waals surface area (Å²) in [5.41, 5.74) is 2.57. The fourth-order valence-corrected chi connectivity index (χ4v) is 1.77. The lowest BCUT2D eigenvalue weighted by molar-refractivity contribution is 0.881. The van der Waals surface area contributed by atoms with Crippen molar-refractivity contribution in [3.8, 4) is 17.6 Å². The third-order valence-electron chi connectivity index (χ3n) is 2.39. The topological polar surface area (TPSA) is 103 Å². The number of thioether (sulfide) groups is 1. The predicted octanol–water partition coefficient (Wildman–Crippen LogP) is 1.60. The summed E-state index contributed by atoms with van der Waals surface area (Å²) in [7, 11) is 0. The van der Waals surface area contributed by atoms with Gasteiger partial charge in [-0.15, -0.1) is 10.2 Å². The normalized spacial score (nSPS) is 11.1. The van der Waals surface area contributed by atoms with Gasteiger partial charge in [-0.25, -0.2) is 4.99 Å². The molecule has 1 heterocycles. The number of nitrogens with one attached hydrogen (secondary N) is 2. The maximum absolute atomic E-state index is 8.63. The molecule has 7 nitrogen and oxygen atoms in total. The number of hydrogen-bond acceptors (Lipinski definition) is 6. The number of benzene rings is 1. The molecule has 2 aromatic rings. The van der Waals surface area contributed by atoms with Crippen molar-refractivity contribution in [2.45, 2.75) is 6.92 Å². The molecule has 0 spiro atoms. The molecule has 8 heteroatoms. The Labute approximate surface area is 114 Å². The molecule has 0 amide bonds. The maximum Gasteiger partial charge on any atom is 0.204 e. The number of hydrogen-bond donors (Lipinski definition) is 2. The molecule has 0 saturated heterocycles. The number of H-pyrrole nitrogens is 1. The highest BCUT2D eigenvalue weighted by Gasteiger charge is 2.06. The Morgan fingerprint density at radius 2 is 2.37 bits per heavy atom. The highest BCUT2D eigenvalue weighted by Crippen LogP contribution is 2.25. The number of rotatable bonds is 2. The second kappa shape index (κ2) is 5.97. The number of aliphatic imine (C=N–C) groups is 1. The summed E-state index contributed by atoms with van der Waals surface area (Å²) in [6.45, 7) is 1.95. The molecule has 19 heavy (non-hydrogen) atoms. The van der Waals surface area contributed by atoms with E-state index in [4.69, 9.17) is 5.26 Å². The zero-order valence-corrected chi connectivity index (χ0v) is 11.2. The SMILES string of the molecule is CSC(=Nc1cc(-c2nn[nH]n2)ccc1C)NC#N. The third-order valence-corrected chi connectivity index (χ3v) is 2.97. The molecule has 1 aromatic heterocycles. The van der Waals surface area contributed by atoms with Crippen molar-refractivity contribution in [1.29, 1.82) is 5.26 Å². The summed E-state index contributed by atoms with van der Waals surface area (Å²) < 4.78 is 0. The molecule has 0 fully saturated rings. The first-order valence-corrected chi connectivity index (χ1v) is 6.59. The maximum atomic E-state index is 8.63. The molecular formula is C11H11N7S. The zero-order valence-electron chi connectivity index (χ0n) is 10.4. The van der Waals surface area contributed by atoms with Crippen molar-refractivity contribution >= 4 is 22.6 Å². The van der Waals surface area contributed by atoms with E-state index in [9.17, 15) is 0 Å². The highest BCUT2D eigenvalue weighted by molar-refractivity contribution is 8.13. The first-order valence-electron chi connectivity index (χ1n) is 5.37. The number of amidine groups is 1.